The molecule has 0 aliphatic carbocycles. The van der Waals surface area contributed by atoms with Crippen LogP contribution in [0.3, 0.4) is 0 Å². The second-order valence-electron chi connectivity index (χ2n) is 3.75. The SMILES string of the molecule is CC(N)CCN1CCCNC(=O)C1. The highest BCUT2D eigenvalue weighted by Crippen LogP contribution is 1.98. The van der Waals surface area contributed by atoms with Crippen LogP contribution < -0.4 is 11.1 Å². The molecule has 76 valence electrons. The van der Waals surface area contributed by atoms with Crippen molar-refractivity contribution < 1.29 is 4.79 Å². The van der Waals surface area contributed by atoms with Gasteiger partial charge in [-0.15, -0.1) is 0 Å². The third kappa shape index (κ3) is 4.24. The van der Waals surface area contributed by atoms with Crippen LogP contribution >= 0.6 is 0 Å². The lowest BCUT2D eigenvalue weighted by molar-refractivity contribution is -0.121. The summed E-state index contributed by atoms with van der Waals surface area (Å²) in [5.74, 6) is 0.141. The average Bonchev–Trinajstić information content (AvgIpc) is 2.26. The summed E-state index contributed by atoms with van der Waals surface area (Å²) in [7, 11) is 0. The molecule has 0 spiro atoms. The van der Waals surface area contributed by atoms with Crippen molar-refractivity contribution in [2.24, 2.45) is 5.73 Å². The van der Waals surface area contributed by atoms with E-state index < -0.39 is 0 Å². The molecule has 1 atom stereocenters. The summed E-state index contributed by atoms with van der Waals surface area (Å²) < 4.78 is 0. The van der Waals surface area contributed by atoms with E-state index in [-0.39, 0.29) is 11.9 Å². The van der Waals surface area contributed by atoms with E-state index in [2.05, 4.69) is 10.2 Å². The molecular weight excluding hydrogens is 166 g/mol. The topological polar surface area (TPSA) is 58.4 Å². The van der Waals surface area contributed by atoms with Crippen molar-refractivity contribution >= 4 is 5.91 Å². The zero-order chi connectivity index (χ0) is 9.68. The summed E-state index contributed by atoms with van der Waals surface area (Å²) in [6, 6.07) is 0.228. The molecule has 0 radical (unpaired) electrons. The van der Waals surface area contributed by atoms with Gasteiger partial charge in [0, 0.05) is 25.7 Å². The van der Waals surface area contributed by atoms with Crippen LogP contribution in [0.15, 0.2) is 0 Å². The lowest BCUT2D eigenvalue weighted by atomic mass is 10.2. The summed E-state index contributed by atoms with van der Waals surface area (Å²) in [5.41, 5.74) is 5.66. The molecule has 1 saturated heterocycles. The maximum Gasteiger partial charge on any atom is 0.234 e. The van der Waals surface area contributed by atoms with E-state index >= 15 is 0 Å². The summed E-state index contributed by atoms with van der Waals surface area (Å²) in [6.07, 6.45) is 2.01. The van der Waals surface area contributed by atoms with Crippen molar-refractivity contribution in [3.05, 3.63) is 0 Å². The summed E-state index contributed by atoms with van der Waals surface area (Å²) >= 11 is 0. The molecule has 0 aromatic heterocycles. The number of nitrogens with one attached hydrogen (secondary N) is 1. The van der Waals surface area contributed by atoms with Gasteiger partial charge in [-0.1, -0.05) is 0 Å². The molecule has 0 saturated carbocycles. The van der Waals surface area contributed by atoms with Crippen molar-refractivity contribution in [2.45, 2.75) is 25.8 Å². The predicted molar refractivity (Wildman–Crippen MR) is 52.3 cm³/mol. The van der Waals surface area contributed by atoms with E-state index in [1.807, 2.05) is 6.92 Å². The number of hydrogen-bond donors (Lipinski definition) is 2. The number of carbonyl (C=O) groups excluding carboxylic acids is 1. The van der Waals surface area contributed by atoms with Gasteiger partial charge in [-0.25, -0.2) is 0 Å². The Hall–Kier alpha value is -0.610. The maximum atomic E-state index is 11.2. The van der Waals surface area contributed by atoms with Crippen LogP contribution in [0.2, 0.25) is 0 Å². The molecule has 1 rings (SSSR count). The highest BCUT2D eigenvalue weighted by molar-refractivity contribution is 5.78. The van der Waals surface area contributed by atoms with Crippen LogP contribution in [-0.2, 0) is 4.79 Å². The normalized spacial score (nSPS) is 22.2. The van der Waals surface area contributed by atoms with Gasteiger partial charge in [-0.2, -0.15) is 0 Å². The average molecular weight is 185 g/mol. The fraction of sp³-hybridized carbons (Fsp3) is 0.889. The summed E-state index contributed by atoms with van der Waals surface area (Å²) in [4.78, 5) is 13.3. The molecule has 1 unspecified atom stereocenters. The second kappa shape index (κ2) is 5.19. The van der Waals surface area contributed by atoms with E-state index in [4.69, 9.17) is 5.73 Å². The van der Waals surface area contributed by atoms with Crippen LogP contribution in [-0.4, -0.2) is 43.0 Å². The molecule has 1 aliphatic heterocycles. The Morgan fingerprint density at radius 2 is 2.46 bits per heavy atom. The standard InChI is InChI=1S/C9H19N3O/c1-8(10)3-6-12-5-2-4-11-9(13)7-12/h8H,2-7,10H2,1H3,(H,11,13). The first-order valence-electron chi connectivity index (χ1n) is 4.93. The molecule has 3 N–H and O–H groups in total. The lowest BCUT2D eigenvalue weighted by Crippen LogP contribution is -2.35. The highest BCUT2D eigenvalue weighted by atomic mass is 16.2. The number of hydrogen-bond acceptors (Lipinski definition) is 3. The number of carbonyl (C=O) groups is 1. The Labute approximate surface area is 79.5 Å². The predicted octanol–water partition coefficient (Wildman–Crippen LogP) is -0.454. The summed E-state index contributed by atoms with van der Waals surface area (Å²) in [6.45, 7) is 5.29. The second-order valence-corrected chi connectivity index (χ2v) is 3.75. The molecule has 1 amide bonds. The minimum absolute atomic E-state index is 0.141. The third-order valence-electron chi connectivity index (χ3n) is 2.24. The molecular formula is C9H19N3O. The van der Waals surface area contributed by atoms with Crippen LogP contribution in [0.1, 0.15) is 19.8 Å². The third-order valence-corrected chi connectivity index (χ3v) is 2.24. The van der Waals surface area contributed by atoms with Gasteiger partial charge in [-0.05, 0) is 19.8 Å². The highest BCUT2D eigenvalue weighted by Gasteiger charge is 2.13. The lowest BCUT2D eigenvalue weighted by Gasteiger charge is -2.19. The molecule has 1 heterocycles. The smallest absolute Gasteiger partial charge is 0.234 e. The van der Waals surface area contributed by atoms with Gasteiger partial charge >= 0.3 is 0 Å². The monoisotopic (exact) mass is 185 g/mol. The minimum atomic E-state index is 0.141. The molecule has 13 heavy (non-hydrogen) atoms. The summed E-state index contributed by atoms with van der Waals surface area (Å²) in [5, 5.41) is 2.85. The Bertz CT molecular complexity index is 170. The Kier molecular flexibility index (Phi) is 4.18. The molecule has 0 aromatic carbocycles. The van der Waals surface area contributed by atoms with Gasteiger partial charge in [0.25, 0.3) is 0 Å². The Morgan fingerprint density at radius 1 is 1.69 bits per heavy atom. The Morgan fingerprint density at radius 3 is 3.15 bits per heavy atom. The zero-order valence-corrected chi connectivity index (χ0v) is 8.25. The van der Waals surface area contributed by atoms with Crippen LogP contribution in [0.25, 0.3) is 0 Å². The first-order chi connectivity index (χ1) is 6.18. The number of nitrogens with zero attached hydrogens (tertiary/aromatic N) is 1. The van der Waals surface area contributed by atoms with E-state index in [1.165, 1.54) is 0 Å². The molecule has 1 aliphatic rings. The number of nitrogens with two attached hydrogens (primary N) is 1. The van der Waals surface area contributed by atoms with Crippen LogP contribution in [0.5, 0.6) is 0 Å². The molecule has 4 heteroatoms. The van der Waals surface area contributed by atoms with Crippen LogP contribution in [0.4, 0.5) is 0 Å². The van der Waals surface area contributed by atoms with Gasteiger partial charge in [-0.3, -0.25) is 9.69 Å². The van der Waals surface area contributed by atoms with Gasteiger partial charge in [0.05, 0.1) is 6.54 Å². The Balaban J connectivity index is 2.26. The first kappa shape index (κ1) is 10.5. The fourth-order valence-electron chi connectivity index (χ4n) is 1.45. The van der Waals surface area contributed by atoms with Gasteiger partial charge < -0.3 is 11.1 Å². The fourth-order valence-corrected chi connectivity index (χ4v) is 1.45. The van der Waals surface area contributed by atoms with Crippen molar-refractivity contribution in [1.29, 1.82) is 0 Å². The van der Waals surface area contributed by atoms with Gasteiger partial charge in [0.1, 0.15) is 0 Å². The molecule has 0 bridgehead atoms. The molecule has 0 aromatic rings. The minimum Gasteiger partial charge on any atom is -0.355 e. The van der Waals surface area contributed by atoms with E-state index in [0.717, 1.165) is 32.5 Å². The van der Waals surface area contributed by atoms with Gasteiger partial charge in [0.15, 0.2) is 0 Å². The number of amides is 1. The molecule has 1 fully saturated rings. The van der Waals surface area contributed by atoms with Crippen molar-refractivity contribution in [3.8, 4) is 0 Å². The molecule has 4 nitrogen and oxygen atoms in total. The van der Waals surface area contributed by atoms with E-state index in [1.54, 1.807) is 0 Å². The van der Waals surface area contributed by atoms with Crippen molar-refractivity contribution in [2.75, 3.05) is 26.2 Å². The maximum absolute atomic E-state index is 11.2. The van der Waals surface area contributed by atoms with E-state index in [0.29, 0.717) is 6.54 Å². The quantitative estimate of drug-likeness (QED) is 0.626. The van der Waals surface area contributed by atoms with Crippen LogP contribution in [0, 0.1) is 0 Å². The van der Waals surface area contributed by atoms with Gasteiger partial charge in [0.2, 0.25) is 5.91 Å². The van der Waals surface area contributed by atoms with Crippen molar-refractivity contribution in [3.63, 3.8) is 0 Å². The largest absolute Gasteiger partial charge is 0.355 e. The number of rotatable bonds is 3. The zero-order valence-electron chi connectivity index (χ0n) is 8.25. The first-order valence-corrected chi connectivity index (χ1v) is 4.93. The van der Waals surface area contributed by atoms with E-state index in [9.17, 15) is 4.79 Å². The van der Waals surface area contributed by atoms with Crippen molar-refractivity contribution in [1.82, 2.24) is 10.2 Å².